The van der Waals surface area contributed by atoms with E-state index in [4.69, 9.17) is 0 Å². The molecule has 0 radical (unpaired) electrons. The van der Waals surface area contributed by atoms with Crippen LogP contribution in [-0.4, -0.2) is 39.0 Å². The summed E-state index contributed by atoms with van der Waals surface area (Å²) in [4.78, 5) is 25.0. The van der Waals surface area contributed by atoms with Crippen molar-refractivity contribution in [2.45, 2.75) is 33.6 Å². The topological polar surface area (TPSA) is 92.1 Å². The number of hydrogen-bond acceptors (Lipinski definition) is 4. The number of nitro benzene ring substituents is 1. The Morgan fingerprint density at radius 2 is 2.04 bits per heavy atom. The van der Waals surface area contributed by atoms with E-state index in [1.54, 1.807) is 11.0 Å². The van der Waals surface area contributed by atoms with Gasteiger partial charge in [0, 0.05) is 30.6 Å². The van der Waals surface area contributed by atoms with E-state index in [2.05, 4.69) is 24.0 Å². The van der Waals surface area contributed by atoms with Crippen molar-refractivity contribution < 1.29 is 9.72 Å². The number of hydrogen-bond donors (Lipinski definition) is 1. The lowest BCUT2D eigenvalue weighted by Gasteiger charge is -2.24. The van der Waals surface area contributed by atoms with Crippen molar-refractivity contribution in [3.63, 3.8) is 0 Å². The zero-order chi connectivity index (χ0) is 17.0. The molecule has 1 amide bonds. The van der Waals surface area contributed by atoms with Crippen LogP contribution in [0.3, 0.4) is 0 Å². The molecular formula is C16H22N4O3. The predicted octanol–water partition coefficient (Wildman–Crippen LogP) is 3.37. The zero-order valence-electron chi connectivity index (χ0n) is 13.7. The van der Waals surface area contributed by atoms with Crippen LogP contribution in [0.1, 0.15) is 44.1 Å². The van der Waals surface area contributed by atoms with Gasteiger partial charge in [0.15, 0.2) is 5.69 Å². The van der Waals surface area contributed by atoms with E-state index in [1.807, 2.05) is 6.92 Å². The number of carbonyl (C=O) groups is 1. The third-order valence-corrected chi connectivity index (χ3v) is 4.26. The van der Waals surface area contributed by atoms with E-state index < -0.39 is 4.92 Å². The molecule has 2 rings (SSSR count). The summed E-state index contributed by atoms with van der Waals surface area (Å²) in [6.45, 7) is 7.40. The predicted molar refractivity (Wildman–Crippen MR) is 88.4 cm³/mol. The summed E-state index contributed by atoms with van der Waals surface area (Å²) in [5, 5.41) is 18.3. The number of aromatic amines is 1. The van der Waals surface area contributed by atoms with Crippen LogP contribution in [-0.2, 0) is 0 Å². The van der Waals surface area contributed by atoms with Gasteiger partial charge in [-0.05, 0) is 18.9 Å². The fourth-order valence-electron chi connectivity index (χ4n) is 2.64. The summed E-state index contributed by atoms with van der Waals surface area (Å²) in [7, 11) is 0. The van der Waals surface area contributed by atoms with Crippen molar-refractivity contribution in [3.8, 4) is 0 Å². The second-order valence-corrected chi connectivity index (χ2v) is 5.59. The molecule has 0 bridgehead atoms. The quantitative estimate of drug-likeness (QED) is 0.625. The Kier molecular flexibility index (Phi) is 5.31. The minimum Gasteiger partial charge on any atom is -0.337 e. The third kappa shape index (κ3) is 3.49. The van der Waals surface area contributed by atoms with Crippen LogP contribution in [0.4, 0.5) is 5.69 Å². The molecule has 0 unspecified atom stereocenters. The van der Waals surface area contributed by atoms with Gasteiger partial charge in [-0.3, -0.25) is 20.0 Å². The highest BCUT2D eigenvalue weighted by Gasteiger charge is 2.23. The van der Waals surface area contributed by atoms with Crippen molar-refractivity contribution in [1.29, 1.82) is 0 Å². The van der Waals surface area contributed by atoms with Crippen LogP contribution in [0.25, 0.3) is 10.9 Å². The molecule has 0 spiro atoms. The third-order valence-electron chi connectivity index (χ3n) is 4.26. The lowest BCUT2D eigenvalue weighted by atomic mass is 10.0. The summed E-state index contributed by atoms with van der Waals surface area (Å²) in [5.41, 5.74) is 0.824. The first-order valence-electron chi connectivity index (χ1n) is 7.93. The number of nitrogens with zero attached hydrogens (tertiary/aromatic N) is 3. The van der Waals surface area contributed by atoms with Gasteiger partial charge in [-0.1, -0.05) is 26.7 Å². The fraction of sp³-hybridized carbons (Fsp3) is 0.500. The lowest BCUT2D eigenvalue weighted by molar-refractivity contribution is -0.384. The summed E-state index contributed by atoms with van der Waals surface area (Å²) in [6, 6.07) is 4.38. The number of fused-ring (bicyclic) bond motifs is 1. The van der Waals surface area contributed by atoms with Crippen molar-refractivity contribution >= 4 is 22.5 Å². The molecule has 0 aliphatic heterocycles. The number of aromatic nitrogens is 2. The SMILES string of the molecule is CCC(CC)CN(CC)C(=O)c1n[nH]c2ccc([N+](=O)[O-])cc12. The molecule has 1 heterocycles. The normalized spacial score (nSPS) is 11.1. The molecule has 0 atom stereocenters. The molecule has 1 aromatic carbocycles. The average molecular weight is 318 g/mol. The van der Waals surface area contributed by atoms with Crippen LogP contribution < -0.4 is 0 Å². The van der Waals surface area contributed by atoms with Crippen LogP contribution >= 0.6 is 0 Å². The number of nitro groups is 1. The Morgan fingerprint density at radius 1 is 1.35 bits per heavy atom. The molecule has 0 saturated heterocycles. The highest BCUT2D eigenvalue weighted by atomic mass is 16.6. The van der Waals surface area contributed by atoms with Gasteiger partial charge >= 0.3 is 0 Å². The molecular weight excluding hydrogens is 296 g/mol. The second kappa shape index (κ2) is 7.21. The molecule has 0 saturated carbocycles. The number of rotatable bonds is 7. The minimum atomic E-state index is -0.470. The van der Waals surface area contributed by atoms with Crippen molar-refractivity contribution in [1.82, 2.24) is 15.1 Å². The van der Waals surface area contributed by atoms with Gasteiger partial charge in [0.1, 0.15) is 0 Å². The molecule has 1 aromatic heterocycles. The van der Waals surface area contributed by atoms with Crippen molar-refractivity contribution in [3.05, 3.63) is 34.0 Å². The summed E-state index contributed by atoms with van der Waals surface area (Å²) in [6.07, 6.45) is 2.01. The van der Waals surface area contributed by atoms with E-state index in [-0.39, 0.29) is 17.3 Å². The van der Waals surface area contributed by atoms with Crippen LogP contribution in [0.15, 0.2) is 18.2 Å². The molecule has 0 aliphatic carbocycles. The van der Waals surface area contributed by atoms with E-state index >= 15 is 0 Å². The van der Waals surface area contributed by atoms with Gasteiger partial charge in [0.2, 0.25) is 0 Å². The molecule has 1 N–H and O–H groups in total. The first-order chi connectivity index (χ1) is 11.0. The number of non-ortho nitro benzene ring substituents is 1. The first kappa shape index (κ1) is 16.9. The molecule has 0 fully saturated rings. The van der Waals surface area contributed by atoms with Gasteiger partial charge in [-0.15, -0.1) is 0 Å². The number of amides is 1. The number of nitrogens with one attached hydrogen (secondary N) is 1. The Bertz CT molecular complexity index is 706. The smallest absolute Gasteiger partial charge is 0.274 e. The molecule has 2 aromatic rings. The van der Waals surface area contributed by atoms with Gasteiger partial charge in [0.25, 0.3) is 11.6 Å². The molecule has 7 heteroatoms. The number of H-pyrrole nitrogens is 1. The van der Waals surface area contributed by atoms with Gasteiger partial charge in [-0.25, -0.2) is 0 Å². The van der Waals surface area contributed by atoms with Crippen LogP contribution in [0.2, 0.25) is 0 Å². The summed E-state index contributed by atoms with van der Waals surface area (Å²) >= 11 is 0. The number of carbonyl (C=O) groups excluding carboxylic acids is 1. The van der Waals surface area contributed by atoms with Crippen molar-refractivity contribution in [2.24, 2.45) is 5.92 Å². The van der Waals surface area contributed by atoms with Crippen LogP contribution in [0.5, 0.6) is 0 Å². The molecule has 124 valence electrons. The molecule has 0 aliphatic rings. The highest BCUT2D eigenvalue weighted by Crippen LogP contribution is 2.23. The summed E-state index contributed by atoms with van der Waals surface area (Å²) < 4.78 is 0. The Balaban J connectivity index is 2.35. The van der Waals surface area contributed by atoms with E-state index in [0.29, 0.717) is 29.9 Å². The maximum atomic E-state index is 12.8. The van der Waals surface area contributed by atoms with Crippen molar-refractivity contribution in [2.75, 3.05) is 13.1 Å². The Morgan fingerprint density at radius 3 is 2.61 bits per heavy atom. The minimum absolute atomic E-state index is 0.0454. The standard InChI is InChI=1S/C16H22N4O3/c1-4-11(5-2)10-19(6-3)16(21)15-13-9-12(20(22)23)7-8-14(13)17-18-15/h7-9,11H,4-6,10H2,1-3H3,(H,17,18). The largest absolute Gasteiger partial charge is 0.337 e. The maximum Gasteiger partial charge on any atom is 0.274 e. The van der Waals surface area contributed by atoms with E-state index in [1.165, 1.54) is 12.1 Å². The Hall–Kier alpha value is -2.44. The second-order valence-electron chi connectivity index (χ2n) is 5.59. The zero-order valence-corrected chi connectivity index (χ0v) is 13.7. The summed E-state index contributed by atoms with van der Waals surface area (Å²) in [5.74, 6) is 0.254. The molecule has 23 heavy (non-hydrogen) atoms. The maximum absolute atomic E-state index is 12.8. The van der Waals surface area contributed by atoms with Gasteiger partial charge in [-0.2, -0.15) is 5.10 Å². The van der Waals surface area contributed by atoms with Crippen LogP contribution in [0, 0.1) is 16.0 Å². The van der Waals surface area contributed by atoms with Gasteiger partial charge in [0.05, 0.1) is 10.4 Å². The monoisotopic (exact) mass is 318 g/mol. The molecule has 7 nitrogen and oxygen atoms in total. The van der Waals surface area contributed by atoms with E-state index in [0.717, 1.165) is 12.8 Å². The van der Waals surface area contributed by atoms with Gasteiger partial charge < -0.3 is 4.90 Å². The number of benzene rings is 1. The first-order valence-corrected chi connectivity index (χ1v) is 7.93. The van der Waals surface area contributed by atoms with E-state index in [9.17, 15) is 14.9 Å². The lowest BCUT2D eigenvalue weighted by Crippen LogP contribution is -2.35. The highest BCUT2D eigenvalue weighted by molar-refractivity contribution is 6.05. The fourth-order valence-corrected chi connectivity index (χ4v) is 2.64. The average Bonchev–Trinajstić information content (AvgIpc) is 2.98. The Labute approximate surface area is 134 Å².